The Bertz CT molecular complexity index is 769. The molecule has 1 aliphatic carbocycles. The van der Waals surface area contributed by atoms with Crippen molar-refractivity contribution in [2.75, 3.05) is 0 Å². The summed E-state index contributed by atoms with van der Waals surface area (Å²) >= 11 is 0. The van der Waals surface area contributed by atoms with Crippen molar-refractivity contribution in [2.45, 2.75) is 44.2 Å². The fourth-order valence-electron chi connectivity index (χ4n) is 4.17. The molecule has 1 N–H and O–H groups in total. The number of carbonyl (C=O) groups is 2. The Labute approximate surface area is 133 Å². The quantitative estimate of drug-likeness (QED) is 0.922. The van der Waals surface area contributed by atoms with E-state index in [4.69, 9.17) is 0 Å². The van der Waals surface area contributed by atoms with Crippen LogP contribution >= 0.6 is 0 Å². The largest absolute Gasteiger partial charge is 0.480 e. The summed E-state index contributed by atoms with van der Waals surface area (Å²) in [5.41, 5.74) is 1.29. The van der Waals surface area contributed by atoms with E-state index in [1.165, 1.54) is 0 Å². The summed E-state index contributed by atoms with van der Waals surface area (Å²) in [5.74, 6) is -0.746. The van der Waals surface area contributed by atoms with Crippen LogP contribution in [0.1, 0.15) is 42.5 Å². The molecule has 1 amide bonds. The smallest absolute Gasteiger partial charge is 0.326 e. The molecule has 0 spiro atoms. The molecule has 0 radical (unpaired) electrons. The number of carbonyl (C=O) groups excluding carboxylic acids is 1. The Morgan fingerprint density at radius 1 is 1.22 bits per heavy atom. The van der Waals surface area contributed by atoms with Gasteiger partial charge in [-0.25, -0.2) is 9.78 Å². The number of hydrogen-bond donors (Lipinski definition) is 1. The standard InChI is InChI=1S/C17H19N3O3/c21-16(12-5-6-15-18-7-8-19(15)10-12)20-13-4-2-1-3-11(13)9-14(20)17(22)23/h5-8,10-11,13-14H,1-4,9H2,(H,22,23). The molecule has 120 valence electrons. The normalized spacial score (nSPS) is 27.1. The van der Waals surface area contributed by atoms with Crippen LogP contribution in [0.25, 0.3) is 5.65 Å². The number of amides is 1. The molecule has 2 aliphatic rings. The van der Waals surface area contributed by atoms with Gasteiger partial charge in [0.05, 0.1) is 5.56 Å². The van der Waals surface area contributed by atoms with E-state index in [0.29, 0.717) is 17.9 Å². The number of carboxylic acid groups (broad SMARTS) is 1. The van der Waals surface area contributed by atoms with Crippen LogP contribution in [-0.2, 0) is 4.79 Å². The van der Waals surface area contributed by atoms with Gasteiger partial charge in [0.2, 0.25) is 0 Å². The van der Waals surface area contributed by atoms with Gasteiger partial charge in [-0.2, -0.15) is 0 Å². The van der Waals surface area contributed by atoms with Crippen molar-refractivity contribution >= 4 is 17.5 Å². The van der Waals surface area contributed by atoms with Crippen LogP contribution in [0.3, 0.4) is 0 Å². The molecule has 2 aromatic rings. The van der Waals surface area contributed by atoms with Gasteiger partial charge < -0.3 is 14.4 Å². The lowest BCUT2D eigenvalue weighted by Crippen LogP contribution is -2.46. The Morgan fingerprint density at radius 3 is 2.87 bits per heavy atom. The summed E-state index contributed by atoms with van der Waals surface area (Å²) in [7, 11) is 0. The molecule has 0 bridgehead atoms. The van der Waals surface area contributed by atoms with Crippen molar-refractivity contribution in [1.82, 2.24) is 14.3 Å². The van der Waals surface area contributed by atoms with Crippen LogP contribution in [0.2, 0.25) is 0 Å². The minimum absolute atomic E-state index is 0.0656. The van der Waals surface area contributed by atoms with E-state index >= 15 is 0 Å². The van der Waals surface area contributed by atoms with E-state index in [0.717, 1.165) is 31.3 Å². The first-order chi connectivity index (χ1) is 11.1. The topological polar surface area (TPSA) is 74.9 Å². The summed E-state index contributed by atoms with van der Waals surface area (Å²) in [4.78, 5) is 30.5. The van der Waals surface area contributed by atoms with E-state index < -0.39 is 12.0 Å². The SMILES string of the molecule is O=C(O)C1CC2CCCCC2N1C(=O)c1ccc2nccn2c1. The average molecular weight is 313 g/mol. The highest BCUT2D eigenvalue weighted by atomic mass is 16.4. The maximum Gasteiger partial charge on any atom is 0.326 e. The van der Waals surface area contributed by atoms with Gasteiger partial charge in [0, 0.05) is 24.6 Å². The number of hydrogen-bond acceptors (Lipinski definition) is 3. The van der Waals surface area contributed by atoms with Crippen molar-refractivity contribution in [2.24, 2.45) is 5.92 Å². The molecular weight excluding hydrogens is 294 g/mol. The monoisotopic (exact) mass is 313 g/mol. The Morgan fingerprint density at radius 2 is 2.04 bits per heavy atom. The van der Waals surface area contributed by atoms with E-state index in [2.05, 4.69) is 4.98 Å². The fraction of sp³-hybridized carbons (Fsp3) is 0.471. The molecule has 1 saturated carbocycles. The van der Waals surface area contributed by atoms with Gasteiger partial charge in [0.1, 0.15) is 11.7 Å². The van der Waals surface area contributed by atoms with Crippen molar-refractivity contribution in [1.29, 1.82) is 0 Å². The Hall–Kier alpha value is -2.37. The lowest BCUT2D eigenvalue weighted by Gasteiger charge is -2.33. The number of nitrogens with zero attached hydrogens (tertiary/aromatic N) is 3. The maximum atomic E-state index is 13.0. The summed E-state index contributed by atoms with van der Waals surface area (Å²) in [5, 5.41) is 9.56. The molecule has 0 aromatic carbocycles. The van der Waals surface area contributed by atoms with Crippen molar-refractivity contribution in [3.63, 3.8) is 0 Å². The third-order valence-corrected chi connectivity index (χ3v) is 5.24. The van der Waals surface area contributed by atoms with Gasteiger partial charge in [0.15, 0.2) is 0 Å². The molecule has 23 heavy (non-hydrogen) atoms. The number of carboxylic acids is 1. The molecule has 1 aliphatic heterocycles. The zero-order valence-corrected chi connectivity index (χ0v) is 12.8. The molecule has 3 atom stereocenters. The molecule has 4 rings (SSSR count). The first-order valence-electron chi connectivity index (χ1n) is 8.13. The second kappa shape index (κ2) is 5.37. The minimum Gasteiger partial charge on any atom is -0.480 e. The number of fused-ring (bicyclic) bond motifs is 2. The molecule has 1 saturated heterocycles. The lowest BCUT2D eigenvalue weighted by atomic mass is 9.84. The average Bonchev–Trinajstić information content (AvgIpc) is 3.17. The van der Waals surface area contributed by atoms with Crippen molar-refractivity contribution < 1.29 is 14.7 Å². The Balaban J connectivity index is 1.70. The predicted molar refractivity (Wildman–Crippen MR) is 83.1 cm³/mol. The first kappa shape index (κ1) is 14.2. The van der Waals surface area contributed by atoms with Crippen LogP contribution in [0.4, 0.5) is 0 Å². The van der Waals surface area contributed by atoms with Crippen LogP contribution in [0, 0.1) is 5.92 Å². The number of pyridine rings is 1. The van der Waals surface area contributed by atoms with Crippen LogP contribution in [0.5, 0.6) is 0 Å². The minimum atomic E-state index is -0.892. The first-order valence-corrected chi connectivity index (χ1v) is 8.13. The number of imidazole rings is 1. The highest BCUT2D eigenvalue weighted by Crippen LogP contribution is 2.40. The number of aliphatic carboxylic acids is 1. The van der Waals surface area contributed by atoms with E-state index in [1.807, 2.05) is 0 Å². The van der Waals surface area contributed by atoms with Crippen LogP contribution < -0.4 is 0 Å². The van der Waals surface area contributed by atoms with Crippen LogP contribution in [0.15, 0.2) is 30.7 Å². The third kappa shape index (κ3) is 2.29. The van der Waals surface area contributed by atoms with Crippen molar-refractivity contribution in [3.8, 4) is 0 Å². The van der Waals surface area contributed by atoms with E-state index in [9.17, 15) is 14.7 Å². The molecule has 6 heteroatoms. The molecule has 6 nitrogen and oxygen atoms in total. The van der Waals surface area contributed by atoms with Gasteiger partial charge >= 0.3 is 5.97 Å². The fourth-order valence-corrected chi connectivity index (χ4v) is 4.17. The Kier molecular flexibility index (Phi) is 3.32. The number of likely N-dealkylation sites (tertiary alicyclic amines) is 1. The summed E-state index contributed by atoms with van der Waals surface area (Å²) in [6.45, 7) is 0. The van der Waals surface area contributed by atoms with E-state index in [-0.39, 0.29) is 11.9 Å². The van der Waals surface area contributed by atoms with Gasteiger partial charge in [-0.3, -0.25) is 4.79 Å². The van der Waals surface area contributed by atoms with Crippen molar-refractivity contribution in [3.05, 3.63) is 36.3 Å². The van der Waals surface area contributed by atoms with Gasteiger partial charge in [0.25, 0.3) is 5.91 Å². The second-order valence-electron chi connectivity index (χ2n) is 6.52. The van der Waals surface area contributed by atoms with Gasteiger partial charge in [-0.1, -0.05) is 12.8 Å². The zero-order chi connectivity index (χ0) is 16.0. The molecule has 3 unspecified atom stereocenters. The zero-order valence-electron chi connectivity index (χ0n) is 12.8. The van der Waals surface area contributed by atoms with Gasteiger partial charge in [-0.05, 0) is 37.3 Å². The van der Waals surface area contributed by atoms with E-state index in [1.54, 1.807) is 40.0 Å². The number of rotatable bonds is 2. The second-order valence-corrected chi connectivity index (χ2v) is 6.52. The summed E-state index contributed by atoms with van der Waals surface area (Å²) < 4.78 is 1.79. The summed E-state index contributed by atoms with van der Waals surface area (Å²) in [6.07, 6.45) is 9.92. The maximum absolute atomic E-state index is 13.0. The molecule has 2 fully saturated rings. The van der Waals surface area contributed by atoms with Crippen LogP contribution in [-0.4, -0.2) is 43.4 Å². The third-order valence-electron chi connectivity index (χ3n) is 5.24. The highest BCUT2D eigenvalue weighted by molar-refractivity contribution is 5.97. The number of aromatic nitrogens is 2. The molecule has 2 aromatic heterocycles. The molecular formula is C17H19N3O3. The predicted octanol–water partition coefficient (Wildman–Crippen LogP) is 2.19. The molecule has 3 heterocycles. The highest BCUT2D eigenvalue weighted by Gasteiger charge is 2.47. The lowest BCUT2D eigenvalue weighted by molar-refractivity contribution is -0.141. The van der Waals surface area contributed by atoms with Gasteiger partial charge in [-0.15, -0.1) is 0 Å². The summed E-state index contributed by atoms with van der Waals surface area (Å²) in [6, 6.07) is 2.89.